The van der Waals surface area contributed by atoms with E-state index in [0.717, 1.165) is 0 Å². The second-order valence-corrected chi connectivity index (χ2v) is 5.82. The maximum absolute atomic E-state index is 12.4. The topological polar surface area (TPSA) is 105 Å². The van der Waals surface area contributed by atoms with Gasteiger partial charge in [-0.1, -0.05) is 0 Å². The van der Waals surface area contributed by atoms with Gasteiger partial charge in [0.2, 0.25) is 0 Å². The fraction of sp³-hybridized carbons (Fsp3) is 0.125. The molecule has 1 aliphatic heterocycles. The van der Waals surface area contributed by atoms with Gasteiger partial charge in [0.15, 0.2) is 11.5 Å². The standard InChI is InChI=1S/C16H12BrNO6/c17-11-7-14-13(23-3-4-24-14)6-10(11)15(20)18-8-1-2-9(16(21)22)12(19)5-8/h1-2,5-7,19H,3-4H2,(H,18,20)(H,21,22). The largest absolute Gasteiger partial charge is 0.507 e. The third-order valence-corrected chi connectivity index (χ3v) is 4.02. The number of benzene rings is 2. The summed E-state index contributed by atoms with van der Waals surface area (Å²) < 4.78 is 11.4. The van der Waals surface area contributed by atoms with Crippen molar-refractivity contribution in [1.29, 1.82) is 0 Å². The quantitative estimate of drug-likeness (QED) is 0.740. The summed E-state index contributed by atoms with van der Waals surface area (Å²) in [4.78, 5) is 23.3. The molecule has 0 unspecified atom stereocenters. The van der Waals surface area contributed by atoms with Crippen molar-refractivity contribution in [2.75, 3.05) is 18.5 Å². The maximum Gasteiger partial charge on any atom is 0.339 e. The molecular weight excluding hydrogens is 382 g/mol. The van der Waals surface area contributed by atoms with Crippen LogP contribution in [0.2, 0.25) is 0 Å². The van der Waals surface area contributed by atoms with Gasteiger partial charge in [-0.3, -0.25) is 4.79 Å². The second-order valence-electron chi connectivity index (χ2n) is 4.97. The Morgan fingerprint density at radius 2 is 1.71 bits per heavy atom. The number of nitrogens with one attached hydrogen (secondary N) is 1. The average Bonchev–Trinajstić information content (AvgIpc) is 2.53. The number of anilines is 1. The van der Waals surface area contributed by atoms with Crippen molar-refractivity contribution < 1.29 is 29.3 Å². The van der Waals surface area contributed by atoms with E-state index in [4.69, 9.17) is 14.6 Å². The molecule has 0 radical (unpaired) electrons. The Bertz CT molecular complexity index is 836. The number of hydrogen-bond acceptors (Lipinski definition) is 5. The number of carboxylic acid groups (broad SMARTS) is 1. The molecule has 0 spiro atoms. The lowest BCUT2D eigenvalue weighted by Gasteiger charge is -2.19. The molecule has 2 aromatic carbocycles. The van der Waals surface area contributed by atoms with Gasteiger partial charge in [0.1, 0.15) is 24.5 Å². The zero-order valence-corrected chi connectivity index (χ0v) is 13.8. The third-order valence-electron chi connectivity index (χ3n) is 3.36. The highest BCUT2D eigenvalue weighted by Gasteiger charge is 2.19. The van der Waals surface area contributed by atoms with E-state index in [9.17, 15) is 14.7 Å². The smallest absolute Gasteiger partial charge is 0.339 e. The Morgan fingerprint density at radius 1 is 1.04 bits per heavy atom. The fourth-order valence-electron chi connectivity index (χ4n) is 2.23. The minimum absolute atomic E-state index is 0.242. The first-order valence-corrected chi connectivity index (χ1v) is 7.72. The highest BCUT2D eigenvalue weighted by atomic mass is 79.9. The van der Waals surface area contributed by atoms with Crippen molar-refractivity contribution in [3.05, 3.63) is 45.9 Å². The van der Waals surface area contributed by atoms with E-state index in [-0.39, 0.29) is 11.3 Å². The third kappa shape index (κ3) is 3.13. The summed E-state index contributed by atoms with van der Waals surface area (Å²) in [5, 5.41) is 21.2. The number of carbonyl (C=O) groups is 2. The molecule has 0 bridgehead atoms. The zero-order chi connectivity index (χ0) is 17.3. The number of ether oxygens (including phenoxy) is 2. The summed E-state index contributed by atoms with van der Waals surface area (Å²) >= 11 is 3.31. The summed E-state index contributed by atoms with van der Waals surface area (Å²) in [6.45, 7) is 0.848. The van der Waals surface area contributed by atoms with Crippen molar-refractivity contribution >= 4 is 33.5 Å². The van der Waals surface area contributed by atoms with Crippen LogP contribution in [0.15, 0.2) is 34.8 Å². The maximum atomic E-state index is 12.4. The van der Waals surface area contributed by atoms with Crippen LogP contribution in [0.4, 0.5) is 5.69 Å². The Balaban J connectivity index is 1.85. The number of phenols is 1. The molecule has 24 heavy (non-hydrogen) atoms. The van der Waals surface area contributed by atoms with Gasteiger partial charge in [-0.15, -0.1) is 0 Å². The molecule has 0 saturated carbocycles. The van der Waals surface area contributed by atoms with Crippen molar-refractivity contribution in [3.63, 3.8) is 0 Å². The van der Waals surface area contributed by atoms with Gasteiger partial charge >= 0.3 is 5.97 Å². The van der Waals surface area contributed by atoms with Crippen LogP contribution in [0.25, 0.3) is 0 Å². The van der Waals surface area contributed by atoms with Crippen molar-refractivity contribution in [2.45, 2.75) is 0 Å². The first kappa shape index (κ1) is 16.1. The normalized spacial score (nSPS) is 12.5. The van der Waals surface area contributed by atoms with E-state index in [1.165, 1.54) is 18.2 Å². The molecule has 1 heterocycles. The number of rotatable bonds is 3. The zero-order valence-electron chi connectivity index (χ0n) is 12.2. The van der Waals surface area contributed by atoms with Crippen molar-refractivity contribution in [1.82, 2.24) is 0 Å². The molecule has 7 nitrogen and oxygen atoms in total. The van der Waals surface area contributed by atoms with Gasteiger partial charge in [0, 0.05) is 16.2 Å². The van der Waals surface area contributed by atoms with Crippen LogP contribution in [0.1, 0.15) is 20.7 Å². The molecule has 0 aromatic heterocycles. The minimum atomic E-state index is -1.25. The number of carboxylic acids is 1. The van der Waals surface area contributed by atoms with E-state index >= 15 is 0 Å². The van der Waals surface area contributed by atoms with E-state index in [1.807, 2.05) is 0 Å². The van der Waals surface area contributed by atoms with Crippen LogP contribution in [-0.4, -0.2) is 35.3 Å². The van der Waals surface area contributed by atoms with E-state index < -0.39 is 17.6 Å². The van der Waals surface area contributed by atoms with Gasteiger partial charge in [-0.2, -0.15) is 0 Å². The Labute approximate surface area is 144 Å². The van der Waals surface area contributed by atoms with E-state index in [1.54, 1.807) is 12.1 Å². The van der Waals surface area contributed by atoms with E-state index in [0.29, 0.717) is 34.7 Å². The highest BCUT2D eigenvalue weighted by Crippen LogP contribution is 2.36. The Hall–Kier alpha value is -2.74. The van der Waals surface area contributed by atoms with E-state index in [2.05, 4.69) is 21.2 Å². The molecule has 8 heteroatoms. The predicted octanol–water partition coefficient (Wildman–Crippen LogP) is 2.88. The predicted molar refractivity (Wildman–Crippen MR) is 88.2 cm³/mol. The number of aromatic carboxylic acids is 1. The first-order valence-electron chi connectivity index (χ1n) is 6.92. The number of carbonyl (C=O) groups excluding carboxylic acids is 1. The molecule has 0 saturated heterocycles. The molecule has 124 valence electrons. The highest BCUT2D eigenvalue weighted by molar-refractivity contribution is 9.10. The van der Waals surface area contributed by atoms with Crippen LogP contribution < -0.4 is 14.8 Å². The van der Waals surface area contributed by atoms with Crippen LogP contribution in [0.5, 0.6) is 17.2 Å². The van der Waals surface area contributed by atoms with Gasteiger partial charge < -0.3 is 25.0 Å². The molecule has 3 N–H and O–H groups in total. The van der Waals surface area contributed by atoms with Gasteiger partial charge in [0.25, 0.3) is 5.91 Å². The lowest BCUT2D eigenvalue weighted by molar-refractivity contribution is 0.0693. The molecule has 3 rings (SSSR count). The van der Waals surface area contributed by atoms with Gasteiger partial charge in [-0.05, 0) is 40.2 Å². The molecule has 1 aliphatic rings. The summed E-state index contributed by atoms with van der Waals surface area (Å²) in [6, 6.07) is 6.99. The Kier molecular flexibility index (Phi) is 4.30. The molecule has 2 aromatic rings. The summed E-state index contributed by atoms with van der Waals surface area (Å²) in [5.74, 6) is -1.10. The number of hydrogen-bond donors (Lipinski definition) is 3. The van der Waals surface area contributed by atoms with Crippen molar-refractivity contribution in [2.24, 2.45) is 0 Å². The Morgan fingerprint density at radius 3 is 2.33 bits per heavy atom. The minimum Gasteiger partial charge on any atom is -0.507 e. The molecule has 0 aliphatic carbocycles. The van der Waals surface area contributed by atoms with Crippen LogP contribution in [-0.2, 0) is 0 Å². The average molecular weight is 394 g/mol. The number of fused-ring (bicyclic) bond motifs is 1. The molecule has 0 atom stereocenters. The van der Waals surface area contributed by atoms with Crippen LogP contribution >= 0.6 is 15.9 Å². The lowest BCUT2D eigenvalue weighted by atomic mass is 10.1. The van der Waals surface area contributed by atoms with Gasteiger partial charge in [-0.25, -0.2) is 4.79 Å². The first-order chi connectivity index (χ1) is 11.5. The fourth-order valence-corrected chi connectivity index (χ4v) is 2.73. The SMILES string of the molecule is O=C(O)c1ccc(NC(=O)c2cc3c(cc2Br)OCCO3)cc1O. The van der Waals surface area contributed by atoms with Crippen LogP contribution in [0.3, 0.4) is 0 Å². The van der Waals surface area contributed by atoms with Crippen molar-refractivity contribution in [3.8, 4) is 17.2 Å². The number of halogens is 1. The molecule has 1 amide bonds. The lowest BCUT2D eigenvalue weighted by Crippen LogP contribution is -2.18. The number of amides is 1. The van der Waals surface area contributed by atoms with Crippen LogP contribution in [0, 0.1) is 0 Å². The molecule has 0 fully saturated rings. The molecular formula is C16H12BrNO6. The second kappa shape index (κ2) is 6.40. The summed E-state index contributed by atoms with van der Waals surface area (Å²) in [5.41, 5.74) is 0.346. The van der Waals surface area contributed by atoms with Gasteiger partial charge in [0.05, 0.1) is 5.56 Å². The summed E-state index contributed by atoms with van der Waals surface area (Å²) in [6.07, 6.45) is 0. The number of aromatic hydroxyl groups is 1. The monoisotopic (exact) mass is 393 g/mol. The summed E-state index contributed by atoms with van der Waals surface area (Å²) in [7, 11) is 0.